The van der Waals surface area contributed by atoms with E-state index in [0.29, 0.717) is 6.42 Å². The number of hydrogen-bond donors (Lipinski definition) is 2. The van der Waals surface area contributed by atoms with E-state index in [9.17, 15) is 9.18 Å². The number of amides is 1. The lowest BCUT2D eigenvalue weighted by Gasteiger charge is -2.28. The minimum Gasteiger partial charge on any atom is -0.352 e. The number of hydrogen-bond acceptors (Lipinski definition) is 2. The van der Waals surface area contributed by atoms with Gasteiger partial charge in [-0.15, -0.1) is 0 Å². The first kappa shape index (κ1) is 15.0. The van der Waals surface area contributed by atoms with Gasteiger partial charge in [-0.25, -0.2) is 4.39 Å². The van der Waals surface area contributed by atoms with Crippen molar-refractivity contribution < 1.29 is 9.18 Å². The quantitative estimate of drug-likeness (QED) is 0.868. The molecule has 0 aliphatic carbocycles. The highest BCUT2D eigenvalue weighted by Crippen LogP contribution is 2.23. The van der Waals surface area contributed by atoms with E-state index in [2.05, 4.69) is 10.6 Å². The molecule has 0 spiro atoms. The van der Waals surface area contributed by atoms with Gasteiger partial charge >= 0.3 is 0 Å². The van der Waals surface area contributed by atoms with Gasteiger partial charge in [0.2, 0.25) is 5.91 Å². The molecule has 4 heteroatoms. The van der Waals surface area contributed by atoms with Gasteiger partial charge in [-0.2, -0.15) is 0 Å². The molecule has 1 amide bonds. The van der Waals surface area contributed by atoms with E-state index in [1.54, 1.807) is 12.1 Å². The fourth-order valence-corrected chi connectivity index (χ4v) is 2.85. The van der Waals surface area contributed by atoms with Crippen molar-refractivity contribution in [3.63, 3.8) is 0 Å². The third-order valence-corrected chi connectivity index (χ3v) is 4.11. The topological polar surface area (TPSA) is 41.1 Å². The van der Waals surface area contributed by atoms with Crippen molar-refractivity contribution >= 4 is 5.91 Å². The molecule has 0 aromatic heterocycles. The summed E-state index contributed by atoms with van der Waals surface area (Å²) in [5.74, 6) is -0.141. The molecule has 1 saturated heterocycles. The SMILES string of the molecule is CCC1(C(=O)NC(C)Cc2ccc(F)cc2)CCCN1. The van der Waals surface area contributed by atoms with Crippen molar-refractivity contribution in [1.82, 2.24) is 10.6 Å². The standard InChI is InChI=1S/C16H23FN2O/c1-3-16(9-4-10-18-16)15(20)19-12(2)11-13-5-7-14(17)8-6-13/h5-8,12,18H,3-4,9-11H2,1-2H3,(H,19,20). The Labute approximate surface area is 120 Å². The summed E-state index contributed by atoms with van der Waals surface area (Å²) in [5, 5.41) is 6.42. The summed E-state index contributed by atoms with van der Waals surface area (Å²) in [5.41, 5.74) is 0.640. The zero-order chi connectivity index (χ0) is 14.6. The molecule has 0 bridgehead atoms. The largest absolute Gasteiger partial charge is 0.352 e. The second-order valence-electron chi connectivity index (χ2n) is 5.67. The summed E-state index contributed by atoms with van der Waals surface area (Å²) in [4.78, 5) is 12.4. The molecular formula is C16H23FN2O. The lowest BCUT2D eigenvalue weighted by molar-refractivity contribution is -0.127. The summed E-state index contributed by atoms with van der Waals surface area (Å²) in [6.07, 6.45) is 3.47. The van der Waals surface area contributed by atoms with Gasteiger partial charge < -0.3 is 10.6 Å². The Morgan fingerprint density at radius 1 is 1.45 bits per heavy atom. The van der Waals surface area contributed by atoms with Crippen LogP contribution in [0.1, 0.15) is 38.7 Å². The number of halogens is 1. The van der Waals surface area contributed by atoms with Crippen molar-refractivity contribution in [2.24, 2.45) is 0 Å². The van der Waals surface area contributed by atoms with Gasteiger partial charge in [0.25, 0.3) is 0 Å². The Kier molecular flexibility index (Phi) is 4.76. The number of benzene rings is 1. The summed E-state index contributed by atoms with van der Waals surface area (Å²) >= 11 is 0. The second kappa shape index (κ2) is 6.35. The summed E-state index contributed by atoms with van der Waals surface area (Å²) in [6, 6.07) is 6.48. The molecule has 1 heterocycles. The Hall–Kier alpha value is -1.42. The highest BCUT2D eigenvalue weighted by atomic mass is 19.1. The van der Waals surface area contributed by atoms with Crippen LogP contribution in [0.4, 0.5) is 4.39 Å². The molecule has 3 nitrogen and oxygen atoms in total. The van der Waals surface area contributed by atoms with Crippen LogP contribution >= 0.6 is 0 Å². The highest BCUT2D eigenvalue weighted by Gasteiger charge is 2.39. The van der Waals surface area contributed by atoms with Gasteiger partial charge in [-0.05, 0) is 56.8 Å². The summed E-state index contributed by atoms with van der Waals surface area (Å²) < 4.78 is 12.9. The number of carbonyl (C=O) groups is 1. The molecule has 2 unspecified atom stereocenters. The summed E-state index contributed by atoms with van der Waals surface area (Å²) in [6.45, 7) is 4.94. The predicted octanol–water partition coefficient (Wildman–Crippen LogP) is 2.41. The van der Waals surface area contributed by atoms with E-state index in [1.165, 1.54) is 12.1 Å². The van der Waals surface area contributed by atoms with E-state index in [-0.39, 0.29) is 17.8 Å². The maximum absolute atomic E-state index is 12.9. The van der Waals surface area contributed by atoms with Crippen molar-refractivity contribution in [2.75, 3.05) is 6.54 Å². The van der Waals surface area contributed by atoms with Crippen molar-refractivity contribution in [2.45, 2.75) is 51.1 Å². The third-order valence-electron chi connectivity index (χ3n) is 4.11. The smallest absolute Gasteiger partial charge is 0.240 e. The van der Waals surface area contributed by atoms with Gasteiger partial charge in [0, 0.05) is 6.04 Å². The third kappa shape index (κ3) is 3.37. The molecule has 2 rings (SSSR count). The molecule has 110 valence electrons. The maximum Gasteiger partial charge on any atom is 0.240 e. The van der Waals surface area contributed by atoms with Crippen LogP contribution in [0.2, 0.25) is 0 Å². The maximum atomic E-state index is 12.9. The Morgan fingerprint density at radius 2 is 2.15 bits per heavy atom. The van der Waals surface area contributed by atoms with Crippen molar-refractivity contribution in [3.8, 4) is 0 Å². The molecule has 0 saturated carbocycles. The Balaban J connectivity index is 1.92. The van der Waals surface area contributed by atoms with Crippen molar-refractivity contribution in [3.05, 3.63) is 35.6 Å². The molecular weight excluding hydrogens is 255 g/mol. The van der Waals surface area contributed by atoms with Gasteiger partial charge in [-0.3, -0.25) is 4.79 Å². The Bertz CT molecular complexity index is 452. The van der Waals surface area contributed by atoms with Crippen LogP contribution in [0, 0.1) is 5.82 Å². The van der Waals surface area contributed by atoms with E-state index < -0.39 is 5.54 Å². The number of nitrogens with one attached hydrogen (secondary N) is 2. The van der Waals surface area contributed by atoms with Crippen LogP contribution in [0.15, 0.2) is 24.3 Å². The van der Waals surface area contributed by atoms with Crippen LogP contribution < -0.4 is 10.6 Å². The normalized spacial score (nSPS) is 23.6. The van der Waals surface area contributed by atoms with Crippen LogP contribution in [-0.4, -0.2) is 24.0 Å². The molecule has 2 atom stereocenters. The first-order valence-electron chi connectivity index (χ1n) is 7.36. The molecule has 1 fully saturated rings. The first-order chi connectivity index (χ1) is 9.55. The van der Waals surface area contributed by atoms with E-state index in [1.807, 2.05) is 13.8 Å². The number of rotatable bonds is 5. The molecule has 1 aliphatic rings. The molecule has 1 aromatic rings. The highest BCUT2D eigenvalue weighted by molar-refractivity contribution is 5.86. The monoisotopic (exact) mass is 278 g/mol. The second-order valence-corrected chi connectivity index (χ2v) is 5.67. The van der Waals surface area contributed by atoms with Crippen LogP contribution in [-0.2, 0) is 11.2 Å². The average molecular weight is 278 g/mol. The molecule has 2 N–H and O–H groups in total. The fourth-order valence-electron chi connectivity index (χ4n) is 2.85. The minimum absolute atomic E-state index is 0.0405. The van der Waals surface area contributed by atoms with Gasteiger partial charge in [0.05, 0.1) is 5.54 Å². The van der Waals surface area contributed by atoms with Crippen molar-refractivity contribution in [1.29, 1.82) is 0 Å². The van der Waals surface area contributed by atoms with E-state index in [4.69, 9.17) is 0 Å². The summed E-state index contributed by atoms with van der Waals surface area (Å²) in [7, 11) is 0. The average Bonchev–Trinajstić information content (AvgIpc) is 2.91. The van der Waals surface area contributed by atoms with Gasteiger partial charge in [0.15, 0.2) is 0 Å². The molecule has 1 aromatic carbocycles. The molecule has 0 radical (unpaired) electrons. The minimum atomic E-state index is -0.392. The zero-order valence-corrected chi connectivity index (χ0v) is 12.2. The van der Waals surface area contributed by atoms with E-state index in [0.717, 1.165) is 31.4 Å². The van der Waals surface area contributed by atoms with Crippen LogP contribution in [0.25, 0.3) is 0 Å². The first-order valence-corrected chi connectivity index (χ1v) is 7.36. The molecule has 20 heavy (non-hydrogen) atoms. The van der Waals surface area contributed by atoms with Crippen LogP contribution in [0.5, 0.6) is 0 Å². The lowest BCUT2D eigenvalue weighted by Crippen LogP contribution is -2.55. The zero-order valence-electron chi connectivity index (χ0n) is 12.2. The molecule has 1 aliphatic heterocycles. The Morgan fingerprint density at radius 3 is 2.70 bits per heavy atom. The fraction of sp³-hybridized carbons (Fsp3) is 0.562. The van der Waals surface area contributed by atoms with Gasteiger partial charge in [0.1, 0.15) is 5.82 Å². The predicted molar refractivity (Wildman–Crippen MR) is 78.0 cm³/mol. The lowest BCUT2D eigenvalue weighted by atomic mass is 9.92. The number of carbonyl (C=O) groups excluding carboxylic acids is 1. The van der Waals surface area contributed by atoms with E-state index >= 15 is 0 Å². The van der Waals surface area contributed by atoms with Crippen LogP contribution in [0.3, 0.4) is 0 Å². The van der Waals surface area contributed by atoms with Gasteiger partial charge in [-0.1, -0.05) is 19.1 Å².